The van der Waals surface area contributed by atoms with E-state index in [2.05, 4.69) is 9.72 Å². The Hall–Kier alpha value is -2.45. The Morgan fingerprint density at radius 1 is 1.00 bits per heavy atom. The maximum atomic E-state index is 12.5. The summed E-state index contributed by atoms with van der Waals surface area (Å²) >= 11 is 0. The fourth-order valence-electron chi connectivity index (χ4n) is 1.78. The minimum Gasteiger partial charge on any atom is -0.483 e. The molecule has 0 saturated heterocycles. The van der Waals surface area contributed by atoms with E-state index in [-0.39, 0.29) is 22.6 Å². The van der Waals surface area contributed by atoms with Crippen molar-refractivity contribution in [2.24, 2.45) is 0 Å². The van der Waals surface area contributed by atoms with E-state index in [1.54, 1.807) is 0 Å². The molecule has 0 fully saturated rings. The number of hydrogen-bond acceptors (Lipinski definition) is 3. The summed E-state index contributed by atoms with van der Waals surface area (Å²) < 4.78 is 78.9. The van der Waals surface area contributed by atoms with Crippen LogP contribution in [0, 0.1) is 0 Å². The van der Waals surface area contributed by atoms with Crippen molar-refractivity contribution in [1.82, 2.24) is 4.98 Å². The highest BCUT2D eigenvalue weighted by Crippen LogP contribution is 2.34. The lowest BCUT2D eigenvalue weighted by Gasteiger charge is -2.14. The third-order valence-electron chi connectivity index (χ3n) is 2.76. The number of alkyl halides is 6. The fraction of sp³-hybridized carbons (Fsp3) is 0.214. The summed E-state index contributed by atoms with van der Waals surface area (Å²) in [5.74, 6) is -0.191. The highest BCUT2D eigenvalue weighted by molar-refractivity contribution is 5.72. The van der Waals surface area contributed by atoms with Crippen molar-refractivity contribution in [3.8, 4) is 16.9 Å². The summed E-state index contributed by atoms with van der Waals surface area (Å²) in [6.07, 6.45) is -8.25. The van der Waals surface area contributed by atoms with Crippen LogP contribution in [-0.4, -0.2) is 17.8 Å². The number of halogens is 6. The van der Waals surface area contributed by atoms with Crippen molar-refractivity contribution in [3.05, 3.63) is 42.2 Å². The molecule has 2 N–H and O–H groups in total. The maximum Gasteiger partial charge on any atom is 0.433 e. The van der Waals surface area contributed by atoms with Crippen LogP contribution in [0.4, 0.5) is 32.0 Å². The first-order chi connectivity index (χ1) is 10.6. The molecule has 0 atom stereocenters. The molecule has 0 radical (unpaired) electrons. The molecule has 2 rings (SSSR count). The smallest absolute Gasteiger partial charge is 0.433 e. The van der Waals surface area contributed by atoms with Crippen LogP contribution in [0.3, 0.4) is 0 Å². The van der Waals surface area contributed by atoms with E-state index in [9.17, 15) is 26.3 Å². The van der Waals surface area contributed by atoms with Gasteiger partial charge in [0.05, 0.1) is 0 Å². The van der Waals surface area contributed by atoms with E-state index in [4.69, 9.17) is 5.73 Å². The zero-order valence-electron chi connectivity index (χ0n) is 11.4. The van der Waals surface area contributed by atoms with Crippen LogP contribution >= 0.6 is 0 Å². The molecule has 0 aliphatic rings. The quantitative estimate of drug-likeness (QED) is 0.672. The molecule has 124 valence electrons. The van der Waals surface area contributed by atoms with Crippen LogP contribution in [0.1, 0.15) is 5.69 Å². The lowest BCUT2D eigenvalue weighted by atomic mass is 10.1. The number of aromatic nitrogens is 1. The molecule has 0 aliphatic carbocycles. The van der Waals surface area contributed by atoms with Crippen molar-refractivity contribution in [2.75, 3.05) is 12.3 Å². The van der Waals surface area contributed by atoms with Gasteiger partial charge in [-0.15, -0.1) is 0 Å². The second-order valence-electron chi connectivity index (χ2n) is 4.59. The highest BCUT2D eigenvalue weighted by atomic mass is 19.4. The number of nitrogens with two attached hydrogens (primary N) is 1. The van der Waals surface area contributed by atoms with Crippen LogP contribution in [-0.2, 0) is 6.18 Å². The van der Waals surface area contributed by atoms with Crippen molar-refractivity contribution in [3.63, 3.8) is 0 Å². The van der Waals surface area contributed by atoms with Crippen molar-refractivity contribution in [2.45, 2.75) is 12.4 Å². The molecule has 1 aromatic heterocycles. The second-order valence-corrected chi connectivity index (χ2v) is 4.59. The van der Waals surface area contributed by atoms with Gasteiger partial charge in [-0.1, -0.05) is 6.07 Å². The standard InChI is InChI=1S/C14H10F6N2O/c15-13(16,17)7-23-11-5-9(21)2-3-10(11)8-1-4-12(22-6-8)14(18,19)20/h1-6H,7,21H2. The van der Waals surface area contributed by atoms with Gasteiger partial charge in [0.25, 0.3) is 0 Å². The topological polar surface area (TPSA) is 48.1 Å². The normalized spacial score (nSPS) is 12.3. The maximum absolute atomic E-state index is 12.5. The van der Waals surface area contributed by atoms with E-state index in [1.165, 1.54) is 18.2 Å². The monoisotopic (exact) mass is 336 g/mol. The van der Waals surface area contributed by atoms with Gasteiger partial charge in [-0.05, 0) is 18.2 Å². The predicted octanol–water partition coefficient (Wildman–Crippen LogP) is 4.29. The fourth-order valence-corrected chi connectivity index (χ4v) is 1.78. The third kappa shape index (κ3) is 4.51. The minimum atomic E-state index is -4.60. The van der Waals surface area contributed by atoms with Gasteiger partial charge in [-0.25, -0.2) is 0 Å². The Kier molecular flexibility index (Phi) is 4.39. The molecule has 23 heavy (non-hydrogen) atoms. The molecule has 0 aliphatic heterocycles. The van der Waals surface area contributed by atoms with Crippen molar-refractivity contribution >= 4 is 5.69 Å². The van der Waals surface area contributed by atoms with Crippen LogP contribution in [0.25, 0.3) is 11.1 Å². The van der Waals surface area contributed by atoms with Crippen molar-refractivity contribution in [1.29, 1.82) is 0 Å². The number of benzene rings is 1. The van der Waals surface area contributed by atoms with Gasteiger partial charge < -0.3 is 10.5 Å². The molecular formula is C14H10F6N2O. The molecule has 1 aromatic carbocycles. The second kappa shape index (κ2) is 5.98. The third-order valence-corrected chi connectivity index (χ3v) is 2.76. The van der Waals surface area contributed by atoms with E-state index in [1.807, 2.05) is 0 Å². The summed E-state index contributed by atoms with van der Waals surface area (Å²) in [5.41, 5.74) is 4.89. The zero-order chi connectivity index (χ0) is 17.3. The van der Waals surface area contributed by atoms with Crippen molar-refractivity contribution < 1.29 is 31.1 Å². The molecule has 0 bridgehead atoms. The van der Waals surface area contributed by atoms with E-state index < -0.39 is 24.7 Å². The summed E-state index contributed by atoms with van der Waals surface area (Å²) in [5, 5.41) is 0. The zero-order valence-corrected chi connectivity index (χ0v) is 11.4. The van der Waals surface area contributed by atoms with Gasteiger partial charge in [-0.3, -0.25) is 4.98 Å². The number of hydrogen-bond donors (Lipinski definition) is 1. The summed E-state index contributed by atoms with van der Waals surface area (Å²) in [4.78, 5) is 3.26. The lowest BCUT2D eigenvalue weighted by molar-refractivity contribution is -0.153. The molecule has 0 saturated carbocycles. The average Bonchev–Trinajstić information content (AvgIpc) is 2.44. The van der Waals surface area contributed by atoms with Gasteiger partial charge in [0.1, 0.15) is 11.4 Å². The van der Waals surface area contributed by atoms with E-state index in [0.717, 1.165) is 18.3 Å². The van der Waals surface area contributed by atoms with Crippen LogP contribution in [0.15, 0.2) is 36.5 Å². The molecule has 9 heteroatoms. The Labute approximate surface area is 126 Å². The lowest BCUT2D eigenvalue weighted by Crippen LogP contribution is -2.19. The molecule has 1 heterocycles. The van der Waals surface area contributed by atoms with Gasteiger partial charge in [0.2, 0.25) is 0 Å². The number of rotatable bonds is 3. The summed E-state index contributed by atoms with van der Waals surface area (Å²) in [6.45, 7) is -1.54. The number of anilines is 1. The van der Waals surface area contributed by atoms with Gasteiger partial charge in [0.15, 0.2) is 6.61 Å². The van der Waals surface area contributed by atoms with Gasteiger partial charge >= 0.3 is 12.4 Å². The van der Waals surface area contributed by atoms with E-state index >= 15 is 0 Å². The SMILES string of the molecule is Nc1ccc(-c2ccc(C(F)(F)F)nc2)c(OCC(F)(F)F)c1. The molecule has 3 nitrogen and oxygen atoms in total. The van der Waals surface area contributed by atoms with Crippen LogP contribution < -0.4 is 10.5 Å². The van der Waals surface area contributed by atoms with Crippen LogP contribution in [0.5, 0.6) is 5.75 Å². The molecule has 0 spiro atoms. The van der Waals surface area contributed by atoms with E-state index in [0.29, 0.717) is 0 Å². The number of nitrogen functional groups attached to an aromatic ring is 1. The first-order valence-corrected chi connectivity index (χ1v) is 6.19. The van der Waals surface area contributed by atoms with Gasteiger partial charge in [-0.2, -0.15) is 26.3 Å². The first-order valence-electron chi connectivity index (χ1n) is 6.19. The molecule has 2 aromatic rings. The minimum absolute atomic E-state index is 0.157. The number of nitrogens with zero attached hydrogens (tertiary/aromatic N) is 1. The summed E-state index contributed by atoms with van der Waals surface area (Å²) in [6, 6.07) is 5.75. The van der Waals surface area contributed by atoms with Crippen LogP contribution in [0.2, 0.25) is 0 Å². The highest BCUT2D eigenvalue weighted by Gasteiger charge is 2.32. The molecule has 0 unspecified atom stereocenters. The molecule has 0 amide bonds. The Balaban J connectivity index is 2.35. The Bertz CT molecular complexity index is 679. The predicted molar refractivity (Wildman–Crippen MR) is 70.6 cm³/mol. The summed E-state index contributed by atoms with van der Waals surface area (Å²) in [7, 11) is 0. The average molecular weight is 336 g/mol. The Morgan fingerprint density at radius 2 is 1.70 bits per heavy atom. The Morgan fingerprint density at radius 3 is 2.22 bits per heavy atom. The molecular weight excluding hydrogens is 326 g/mol. The number of ether oxygens (including phenoxy) is 1. The first kappa shape index (κ1) is 16.9. The number of pyridine rings is 1. The largest absolute Gasteiger partial charge is 0.483 e. The van der Waals surface area contributed by atoms with Gasteiger partial charge in [0, 0.05) is 29.1 Å².